The van der Waals surface area contributed by atoms with Crippen molar-refractivity contribution in [2.75, 3.05) is 0 Å². The molecule has 1 rings (SSSR count). The summed E-state index contributed by atoms with van der Waals surface area (Å²) in [4.78, 5) is 4.18. The van der Waals surface area contributed by atoms with Crippen LogP contribution in [0.2, 0.25) is 0 Å². The summed E-state index contributed by atoms with van der Waals surface area (Å²) in [5.74, 6) is 0. The molecular weight excluding hydrogens is 153 g/mol. The lowest BCUT2D eigenvalue weighted by atomic mass is 9.91. The Balaban J connectivity index is 2.93. The second kappa shape index (κ2) is 3.21. The van der Waals surface area contributed by atoms with Crippen LogP contribution >= 0.6 is 0 Å². The van der Waals surface area contributed by atoms with Crippen molar-refractivity contribution in [1.82, 2.24) is 4.98 Å². The highest BCUT2D eigenvalue weighted by molar-refractivity contribution is 5.18. The van der Waals surface area contributed by atoms with E-state index < -0.39 is 6.67 Å². The molecular formula is C10H14FN. The third-order valence-corrected chi connectivity index (χ3v) is 1.75. The summed E-state index contributed by atoms with van der Waals surface area (Å²) >= 11 is 0. The van der Waals surface area contributed by atoms with Crippen molar-refractivity contribution >= 4 is 0 Å². The predicted octanol–water partition coefficient (Wildman–Crippen LogP) is 2.85. The Morgan fingerprint density at radius 2 is 2.00 bits per heavy atom. The molecule has 0 saturated carbocycles. The summed E-state index contributed by atoms with van der Waals surface area (Å²) in [6.45, 7) is 5.83. The molecule has 0 aliphatic heterocycles. The molecule has 0 N–H and O–H groups in total. The lowest BCUT2D eigenvalue weighted by molar-refractivity contribution is 0.482. The van der Waals surface area contributed by atoms with Gasteiger partial charge in [-0.05, 0) is 6.07 Å². The number of nitrogens with zero attached hydrogens (tertiary/aromatic N) is 1. The first-order valence-electron chi connectivity index (χ1n) is 4.05. The van der Waals surface area contributed by atoms with Crippen LogP contribution in [0.1, 0.15) is 32.0 Å². The molecule has 0 radical (unpaired) electrons. The van der Waals surface area contributed by atoms with Gasteiger partial charge in [-0.25, -0.2) is 4.39 Å². The number of pyridine rings is 1. The van der Waals surface area contributed by atoms with Crippen molar-refractivity contribution in [3.63, 3.8) is 0 Å². The topological polar surface area (TPSA) is 12.9 Å². The van der Waals surface area contributed by atoms with E-state index in [-0.39, 0.29) is 5.41 Å². The van der Waals surface area contributed by atoms with E-state index in [4.69, 9.17) is 0 Å². The summed E-state index contributed by atoms with van der Waals surface area (Å²) in [6.07, 6.45) is 1.60. The van der Waals surface area contributed by atoms with Gasteiger partial charge >= 0.3 is 0 Å². The van der Waals surface area contributed by atoms with Crippen LogP contribution in [0.4, 0.5) is 4.39 Å². The number of hydrogen-bond donors (Lipinski definition) is 0. The molecule has 1 heterocycles. The summed E-state index contributed by atoms with van der Waals surface area (Å²) in [5, 5.41) is 0. The largest absolute Gasteiger partial charge is 0.260 e. The number of hydrogen-bond acceptors (Lipinski definition) is 1. The van der Waals surface area contributed by atoms with Crippen molar-refractivity contribution in [1.29, 1.82) is 0 Å². The van der Waals surface area contributed by atoms with Crippen molar-refractivity contribution in [3.05, 3.63) is 29.6 Å². The molecule has 0 aliphatic carbocycles. The molecule has 0 saturated heterocycles. The number of halogens is 1. The molecule has 2 heteroatoms. The third kappa shape index (κ3) is 2.03. The van der Waals surface area contributed by atoms with Gasteiger partial charge in [0.1, 0.15) is 6.67 Å². The molecule has 1 aromatic rings. The Kier molecular flexibility index (Phi) is 2.46. The average Bonchev–Trinajstić information content (AvgIpc) is 2.03. The van der Waals surface area contributed by atoms with Crippen molar-refractivity contribution in [2.45, 2.75) is 32.9 Å². The first-order chi connectivity index (χ1) is 5.54. The smallest absolute Gasteiger partial charge is 0.116 e. The van der Waals surface area contributed by atoms with Gasteiger partial charge in [-0.3, -0.25) is 4.98 Å². The van der Waals surface area contributed by atoms with E-state index in [1.165, 1.54) is 0 Å². The molecule has 66 valence electrons. The molecule has 0 spiro atoms. The van der Waals surface area contributed by atoms with Crippen LogP contribution in [0.3, 0.4) is 0 Å². The maximum atomic E-state index is 12.1. The maximum Gasteiger partial charge on any atom is 0.116 e. The monoisotopic (exact) mass is 167 g/mol. The molecule has 0 aliphatic rings. The van der Waals surface area contributed by atoms with Crippen LogP contribution in [0.25, 0.3) is 0 Å². The van der Waals surface area contributed by atoms with Gasteiger partial charge in [0, 0.05) is 22.9 Å². The average molecular weight is 167 g/mol. The normalized spacial score (nSPS) is 11.7. The van der Waals surface area contributed by atoms with Gasteiger partial charge in [0.2, 0.25) is 0 Å². The second-order valence-electron chi connectivity index (χ2n) is 3.94. The maximum absolute atomic E-state index is 12.1. The Labute approximate surface area is 72.6 Å². The highest BCUT2D eigenvalue weighted by Gasteiger charge is 2.14. The van der Waals surface area contributed by atoms with Crippen LogP contribution in [0, 0.1) is 0 Å². The van der Waals surface area contributed by atoms with Crippen molar-refractivity contribution < 1.29 is 4.39 Å². The van der Waals surface area contributed by atoms with Crippen LogP contribution in [0.5, 0.6) is 0 Å². The van der Waals surface area contributed by atoms with E-state index in [1.807, 2.05) is 6.07 Å². The van der Waals surface area contributed by atoms with Crippen LogP contribution in [-0.2, 0) is 12.1 Å². The minimum atomic E-state index is -0.433. The van der Waals surface area contributed by atoms with Gasteiger partial charge in [-0.2, -0.15) is 0 Å². The summed E-state index contributed by atoms with van der Waals surface area (Å²) in [7, 11) is 0. The number of rotatable bonds is 1. The fourth-order valence-corrected chi connectivity index (χ4v) is 0.947. The van der Waals surface area contributed by atoms with E-state index in [9.17, 15) is 4.39 Å². The van der Waals surface area contributed by atoms with Gasteiger partial charge < -0.3 is 0 Å². The third-order valence-electron chi connectivity index (χ3n) is 1.75. The quantitative estimate of drug-likeness (QED) is 0.626. The molecule has 0 unspecified atom stereocenters. The number of aromatic nitrogens is 1. The van der Waals surface area contributed by atoms with Crippen molar-refractivity contribution in [2.24, 2.45) is 0 Å². The minimum absolute atomic E-state index is 0.0504. The lowest BCUT2D eigenvalue weighted by Gasteiger charge is -2.17. The fourth-order valence-electron chi connectivity index (χ4n) is 0.947. The molecule has 0 fully saturated rings. The van der Waals surface area contributed by atoms with Gasteiger partial charge in [0.15, 0.2) is 0 Å². The Hall–Kier alpha value is -0.920. The Morgan fingerprint density at radius 1 is 1.33 bits per heavy atom. The standard InChI is InChI=1S/C10H14FN/c1-10(2,3)9-5-4-8(6-11)7-12-9/h4-5,7H,6H2,1-3H3. The van der Waals surface area contributed by atoms with Crippen LogP contribution in [-0.4, -0.2) is 4.98 Å². The van der Waals surface area contributed by atoms with Gasteiger partial charge in [0.25, 0.3) is 0 Å². The SMILES string of the molecule is CC(C)(C)c1ccc(CF)cn1. The van der Waals surface area contributed by atoms with Crippen molar-refractivity contribution in [3.8, 4) is 0 Å². The van der Waals surface area contributed by atoms with E-state index >= 15 is 0 Å². The minimum Gasteiger partial charge on any atom is -0.260 e. The summed E-state index contributed by atoms with van der Waals surface area (Å²) in [5.41, 5.74) is 1.69. The van der Waals surface area contributed by atoms with E-state index in [2.05, 4.69) is 25.8 Å². The van der Waals surface area contributed by atoms with Gasteiger partial charge in [0.05, 0.1) is 0 Å². The van der Waals surface area contributed by atoms with Gasteiger partial charge in [-0.15, -0.1) is 0 Å². The second-order valence-corrected chi connectivity index (χ2v) is 3.94. The van der Waals surface area contributed by atoms with E-state index in [1.54, 1.807) is 12.3 Å². The van der Waals surface area contributed by atoms with Gasteiger partial charge in [-0.1, -0.05) is 26.8 Å². The lowest BCUT2D eigenvalue weighted by Crippen LogP contribution is -2.13. The highest BCUT2D eigenvalue weighted by Crippen LogP contribution is 2.19. The Morgan fingerprint density at radius 3 is 2.33 bits per heavy atom. The number of alkyl halides is 1. The van der Waals surface area contributed by atoms with E-state index in [0.29, 0.717) is 5.56 Å². The molecule has 0 amide bonds. The summed E-state index contributed by atoms with van der Waals surface area (Å²) in [6, 6.07) is 3.67. The predicted molar refractivity (Wildman–Crippen MR) is 47.7 cm³/mol. The molecule has 0 bridgehead atoms. The molecule has 1 nitrogen and oxygen atoms in total. The molecule has 12 heavy (non-hydrogen) atoms. The van der Waals surface area contributed by atoms with Crippen LogP contribution < -0.4 is 0 Å². The van der Waals surface area contributed by atoms with E-state index in [0.717, 1.165) is 5.69 Å². The zero-order chi connectivity index (χ0) is 9.19. The van der Waals surface area contributed by atoms with Crippen LogP contribution in [0.15, 0.2) is 18.3 Å². The fraction of sp³-hybridized carbons (Fsp3) is 0.500. The molecule has 0 atom stereocenters. The molecule has 1 aromatic heterocycles. The summed E-state index contributed by atoms with van der Waals surface area (Å²) < 4.78 is 12.1. The zero-order valence-electron chi connectivity index (χ0n) is 7.76. The highest BCUT2D eigenvalue weighted by atomic mass is 19.1. The molecule has 0 aromatic carbocycles. The Bertz CT molecular complexity index is 246. The first-order valence-corrected chi connectivity index (χ1v) is 4.05. The first kappa shape index (κ1) is 9.17. The zero-order valence-corrected chi connectivity index (χ0v) is 7.76.